The number of aromatic nitrogens is 2. The lowest BCUT2D eigenvalue weighted by atomic mass is 10.0. The second kappa shape index (κ2) is 6.60. The zero-order chi connectivity index (χ0) is 18.0. The number of benzene rings is 1. The fraction of sp³-hybridized carbons (Fsp3) is 0.333. The maximum atomic E-state index is 9.23. The van der Waals surface area contributed by atoms with Gasteiger partial charge in [-0.25, -0.2) is 0 Å². The number of pyridine rings is 1. The summed E-state index contributed by atoms with van der Waals surface area (Å²) in [5.74, 6) is 0.711. The van der Waals surface area contributed by atoms with Crippen molar-refractivity contribution >= 4 is 10.9 Å². The predicted octanol–water partition coefficient (Wildman–Crippen LogP) is 5.10. The first-order chi connectivity index (χ1) is 12.0. The smallest absolute Gasteiger partial charge is 0.188 e. The molecule has 2 heterocycles. The molecule has 0 saturated heterocycles. The fourth-order valence-corrected chi connectivity index (χ4v) is 3.24. The van der Waals surface area contributed by atoms with Gasteiger partial charge < -0.3 is 9.30 Å². The molecule has 3 rings (SSSR count). The summed E-state index contributed by atoms with van der Waals surface area (Å²) in [7, 11) is 0. The van der Waals surface area contributed by atoms with E-state index in [4.69, 9.17) is 4.74 Å². The van der Waals surface area contributed by atoms with Crippen molar-refractivity contribution in [2.75, 3.05) is 0 Å². The molecule has 0 spiro atoms. The van der Waals surface area contributed by atoms with Crippen molar-refractivity contribution in [3.8, 4) is 22.9 Å². The largest absolute Gasteiger partial charge is 0.473 e. The van der Waals surface area contributed by atoms with Gasteiger partial charge in [0.25, 0.3) is 0 Å². The molecule has 0 N–H and O–H groups in total. The summed E-state index contributed by atoms with van der Waals surface area (Å²) in [6.45, 7) is 8.86. The van der Waals surface area contributed by atoms with Crippen molar-refractivity contribution in [1.29, 1.82) is 5.26 Å². The highest BCUT2D eigenvalue weighted by Crippen LogP contribution is 2.37. The molecule has 0 bridgehead atoms. The summed E-state index contributed by atoms with van der Waals surface area (Å²) in [5, 5.41) is 10.4. The van der Waals surface area contributed by atoms with Gasteiger partial charge in [-0.1, -0.05) is 6.92 Å². The molecule has 0 radical (unpaired) electrons. The summed E-state index contributed by atoms with van der Waals surface area (Å²) in [6.07, 6.45) is 4.70. The zero-order valence-electron chi connectivity index (χ0n) is 15.2. The maximum Gasteiger partial charge on any atom is 0.188 e. The van der Waals surface area contributed by atoms with Crippen LogP contribution in [0.4, 0.5) is 0 Å². The SMILES string of the molecule is CCCn1c(C)c(-c2ccncc2)c2cc(OC(C)(C)C#N)ccc21. The van der Waals surface area contributed by atoms with Gasteiger partial charge in [0.05, 0.1) is 0 Å². The van der Waals surface area contributed by atoms with E-state index in [1.807, 2.05) is 36.7 Å². The zero-order valence-corrected chi connectivity index (χ0v) is 15.2. The van der Waals surface area contributed by atoms with E-state index in [1.165, 1.54) is 16.8 Å². The maximum absolute atomic E-state index is 9.23. The number of nitriles is 1. The van der Waals surface area contributed by atoms with Gasteiger partial charge in [-0.3, -0.25) is 4.98 Å². The summed E-state index contributed by atoms with van der Waals surface area (Å²) >= 11 is 0. The van der Waals surface area contributed by atoms with Gasteiger partial charge in [0, 0.05) is 41.1 Å². The van der Waals surface area contributed by atoms with Gasteiger partial charge >= 0.3 is 0 Å². The Kier molecular flexibility index (Phi) is 4.50. The van der Waals surface area contributed by atoms with Crippen LogP contribution in [0, 0.1) is 18.3 Å². The first-order valence-electron chi connectivity index (χ1n) is 8.60. The van der Waals surface area contributed by atoms with Crippen LogP contribution in [0.15, 0.2) is 42.7 Å². The molecule has 2 aromatic heterocycles. The molecule has 0 amide bonds. The van der Waals surface area contributed by atoms with Crippen LogP contribution < -0.4 is 4.74 Å². The van der Waals surface area contributed by atoms with E-state index in [9.17, 15) is 5.26 Å². The van der Waals surface area contributed by atoms with Gasteiger partial charge in [0.1, 0.15) is 11.8 Å². The Morgan fingerprint density at radius 1 is 1.20 bits per heavy atom. The quantitative estimate of drug-likeness (QED) is 0.652. The lowest BCUT2D eigenvalue weighted by Gasteiger charge is -2.18. The number of rotatable bonds is 5. The molecule has 0 unspecified atom stereocenters. The lowest BCUT2D eigenvalue weighted by Crippen LogP contribution is -2.25. The van der Waals surface area contributed by atoms with Gasteiger partial charge in [0.2, 0.25) is 0 Å². The lowest BCUT2D eigenvalue weighted by molar-refractivity contribution is 0.170. The third-order valence-corrected chi connectivity index (χ3v) is 4.35. The molecular weight excluding hydrogens is 310 g/mol. The molecule has 0 aliphatic carbocycles. The van der Waals surface area contributed by atoms with Gasteiger partial charge in [-0.15, -0.1) is 0 Å². The molecule has 4 heteroatoms. The normalized spacial score (nSPS) is 11.5. The van der Waals surface area contributed by atoms with E-state index in [2.05, 4.69) is 35.5 Å². The van der Waals surface area contributed by atoms with E-state index >= 15 is 0 Å². The van der Waals surface area contributed by atoms with Crippen LogP contribution >= 0.6 is 0 Å². The standard InChI is InChI=1S/C21H23N3O/c1-5-12-24-15(2)20(16-8-10-23-11-9-16)18-13-17(6-7-19(18)24)25-21(3,4)14-22/h6-11,13H,5,12H2,1-4H3. The Hall–Kier alpha value is -2.80. The number of ether oxygens (including phenoxy) is 1. The Morgan fingerprint density at radius 2 is 1.92 bits per heavy atom. The molecule has 0 aliphatic rings. The minimum absolute atomic E-state index is 0.711. The Balaban J connectivity index is 2.22. The van der Waals surface area contributed by atoms with Crippen molar-refractivity contribution in [2.24, 2.45) is 0 Å². The molecule has 3 aromatic rings. The minimum Gasteiger partial charge on any atom is -0.473 e. The predicted molar refractivity (Wildman–Crippen MR) is 101 cm³/mol. The average molecular weight is 333 g/mol. The molecule has 4 nitrogen and oxygen atoms in total. The summed E-state index contributed by atoms with van der Waals surface area (Å²) < 4.78 is 8.23. The van der Waals surface area contributed by atoms with Crippen molar-refractivity contribution in [3.05, 3.63) is 48.4 Å². The van der Waals surface area contributed by atoms with E-state index < -0.39 is 5.60 Å². The molecule has 1 aromatic carbocycles. The van der Waals surface area contributed by atoms with Crippen molar-refractivity contribution < 1.29 is 4.74 Å². The average Bonchev–Trinajstić information content (AvgIpc) is 2.87. The summed E-state index contributed by atoms with van der Waals surface area (Å²) in [4.78, 5) is 4.13. The summed E-state index contributed by atoms with van der Waals surface area (Å²) in [6, 6.07) is 12.3. The van der Waals surface area contributed by atoms with Crippen molar-refractivity contribution in [1.82, 2.24) is 9.55 Å². The molecule has 0 atom stereocenters. The topological polar surface area (TPSA) is 50.8 Å². The van der Waals surface area contributed by atoms with Gasteiger partial charge in [-0.2, -0.15) is 5.26 Å². The number of hydrogen-bond donors (Lipinski definition) is 0. The third kappa shape index (κ3) is 3.23. The van der Waals surface area contributed by atoms with Crippen molar-refractivity contribution in [3.63, 3.8) is 0 Å². The molecule has 0 fully saturated rings. The highest BCUT2D eigenvalue weighted by molar-refractivity contribution is 5.98. The fourth-order valence-electron chi connectivity index (χ4n) is 3.24. The molecule has 0 aliphatic heterocycles. The van der Waals surface area contributed by atoms with Crippen LogP contribution in [-0.2, 0) is 6.54 Å². The molecule has 25 heavy (non-hydrogen) atoms. The minimum atomic E-state index is -0.856. The van der Waals surface area contributed by atoms with Crippen LogP contribution in [0.2, 0.25) is 0 Å². The number of hydrogen-bond acceptors (Lipinski definition) is 3. The van der Waals surface area contributed by atoms with Crippen LogP contribution in [0.1, 0.15) is 32.9 Å². The van der Waals surface area contributed by atoms with Gasteiger partial charge in [0.15, 0.2) is 5.60 Å². The van der Waals surface area contributed by atoms with Crippen LogP contribution in [0.5, 0.6) is 5.75 Å². The number of nitrogens with zero attached hydrogens (tertiary/aromatic N) is 3. The molecule has 0 saturated carbocycles. The third-order valence-electron chi connectivity index (χ3n) is 4.35. The Labute approximate surface area is 148 Å². The number of aryl methyl sites for hydroxylation is 1. The molecule has 128 valence electrons. The first kappa shape index (κ1) is 17.0. The van der Waals surface area contributed by atoms with Gasteiger partial charge in [-0.05, 0) is 63.1 Å². The number of fused-ring (bicyclic) bond motifs is 1. The van der Waals surface area contributed by atoms with E-state index in [0.717, 1.165) is 23.9 Å². The first-order valence-corrected chi connectivity index (χ1v) is 8.60. The van der Waals surface area contributed by atoms with Crippen molar-refractivity contribution in [2.45, 2.75) is 46.3 Å². The second-order valence-electron chi connectivity index (χ2n) is 6.75. The van der Waals surface area contributed by atoms with Crippen LogP contribution in [0.3, 0.4) is 0 Å². The monoisotopic (exact) mass is 333 g/mol. The van der Waals surface area contributed by atoms with E-state index in [1.54, 1.807) is 13.8 Å². The van der Waals surface area contributed by atoms with E-state index in [-0.39, 0.29) is 0 Å². The Bertz CT molecular complexity index is 933. The van der Waals surface area contributed by atoms with Crippen LogP contribution in [-0.4, -0.2) is 15.2 Å². The van der Waals surface area contributed by atoms with E-state index in [0.29, 0.717) is 5.75 Å². The summed E-state index contributed by atoms with van der Waals surface area (Å²) in [5.41, 5.74) is 3.91. The second-order valence-corrected chi connectivity index (χ2v) is 6.75. The highest BCUT2D eigenvalue weighted by Gasteiger charge is 2.20. The Morgan fingerprint density at radius 3 is 2.56 bits per heavy atom. The van der Waals surface area contributed by atoms with Crippen LogP contribution in [0.25, 0.3) is 22.0 Å². The molecular formula is C21H23N3O. The highest BCUT2D eigenvalue weighted by atomic mass is 16.5.